The van der Waals surface area contributed by atoms with E-state index in [9.17, 15) is 9.18 Å². The van der Waals surface area contributed by atoms with Crippen LogP contribution in [0.5, 0.6) is 0 Å². The van der Waals surface area contributed by atoms with Gasteiger partial charge in [-0.05, 0) is 25.3 Å². The summed E-state index contributed by atoms with van der Waals surface area (Å²) < 4.78 is 17.7. The lowest BCUT2D eigenvalue weighted by atomic mass is 9.96. The number of aryl methyl sites for hydroxylation is 3. The van der Waals surface area contributed by atoms with E-state index in [1.807, 2.05) is 25.1 Å². The van der Waals surface area contributed by atoms with Crippen molar-refractivity contribution in [2.75, 3.05) is 18.0 Å². The van der Waals surface area contributed by atoms with Crippen LogP contribution in [-0.4, -0.2) is 48.5 Å². The Kier molecular flexibility index (Phi) is 5.47. The van der Waals surface area contributed by atoms with Crippen LogP contribution in [0.25, 0.3) is 11.4 Å². The molecule has 0 bridgehead atoms. The van der Waals surface area contributed by atoms with Crippen LogP contribution < -0.4 is 10.2 Å². The Bertz CT molecular complexity index is 1030. The summed E-state index contributed by atoms with van der Waals surface area (Å²) in [6.45, 7) is 3.63. The summed E-state index contributed by atoms with van der Waals surface area (Å²) in [4.78, 5) is 23.2. The van der Waals surface area contributed by atoms with E-state index in [-0.39, 0.29) is 17.5 Å². The first kappa shape index (κ1) is 20.0. The molecule has 1 N–H and O–H groups in total. The van der Waals surface area contributed by atoms with E-state index in [1.165, 1.54) is 6.20 Å². The van der Waals surface area contributed by atoms with Gasteiger partial charge in [-0.25, -0.2) is 14.4 Å². The maximum absolute atomic E-state index is 14.4. The fourth-order valence-electron chi connectivity index (χ4n) is 3.80. The van der Waals surface area contributed by atoms with Gasteiger partial charge in [0.25, 0.3) is 0 Å². The Morgan fingerprint density at radius 2 is 1.97 bits per heavy atom. The van der Waals surface area contributed by atoms with Crippen molar-refractivity contribution in [3.05, 3.63) is 41.7 Å². The first-order chi connectivity index (χ1) is 14.4. The standard InChI is InChI=1S/C20H25FN8O/c1-13-8-25-28(3)18(13)17-16(21)11-23-20(26-17)29-6-4-15(5-7-29)19(30)22-9-14-10-24-27(2)12-14/h8,10-12,15H,4-7,9H2,1-3H3,(H,22,30). The van der Waals surface area contributed by atoms with Crippen LogP contribution in [0.3, 0.4) is 0 Å². The first-order valence-electron chi connectivity index (χ1n) is 9.94. The number of halogens is 1. The van der Waals surface area contributed by atoms with Gasteiger partial charge in [-0.1, -0.05) is 0 Å². The van der Waals surface area contributed by atoms with Crippen molar-refractivity contribution in [1.29, 1.82) is 0 Å². The van der Waals surface area contributed by atoms with Crippen LogP contribution in [0.4, 0.5) is 10.3 Å². The van der Waals surface area contributed by atoms with Gasteiger partial charge < -0.3 is 10.2 Å². The van der Waals surface area contributed by atoms with Gasteiger partial charge in [0.2, 0.25) is 11.9 Å². The molecule has 1 aliphatic rings. The number of aromatic nitrogens is 6. The third-order valence-corrected chi connectivity index (χ3v) is 5.45. The fraction of sp³-hybridized carbons (Fsp3) is 0.450. The van der Waals surface area contributed by atoms with Crippen LogP contribution >= 0.6 is 0 Å². The predicted molar refractivity (Wildman–Crippen MR) is 109 cm³/mol. The molecule has 10 heteroatoms. The number of rotatable bonds is 5. The molecule has 0 saturated carbocycles. The molecular weight excluding hydrogens is 387 g/mol. The average Bonchev–Trinajstić information content (AvgIpc) is 3.31. The molecule has 0 spiro atoms. The second-order valence-electron chi connectivity index (χ2n) is 7.67. The molecule has 30 heavy (non-hydrogen) atoms. The summed E-state index contributed by atoms with van der Waals surface area (Å²) in [6, 6.07) is 0. The minimum Gasteiger partial charge on any atom is -0.352 e. The van der Waals surface area contributed by atoms with Gasteiger partial charge in [0.15, 0.2) is 5.82 Å². The monoisotopic (exact) mass is 412 g/mol. The molecule has 0 aromatic carbocycles. The average molecular weight is 412 g/mol. The van der Waals surface area contributed by atoms with Crippen molar-refractivity contribution in [3.63, 3.8) is 0 Å². The van der Waals surface area contributed by atoms with Crippen molar-refractivity contribution in [2.45, 2.75) is 26.3 Å². The zero-order chi connectivity index (χ0) is 21.3. The van der Waals surface area contributed by atoms with Gasteiger partial charge in [-0.2, -0.15) is 10.2 Å². The molecule has 1 saturated heterocycles. The van der Waals surface area contributed by atoms with Crippen LogP contribution in [0.15, 0.2) is 24.8 Å². The molecule has 1 amide bonds. The van der Waals surface area contributed by atoms with E-state index < -0.39 is 5.82 Å². The molecule has 3 aromatic heterocycles. The second-order valence-corrected chi connectivity index (χ2v) is 7.67. The number of carbonyl (C=O) groups excluding carboxylic acids is 1. The number of amides is 1. The fourth-order valence-corrected chi connectivity index (χ4v) is 3.80. The van der Waals surface area contributed by atoms with Crippen LogP contribution in [-0.2, 0) is 25.4 Å². The summed E-state index contributed by atoms with van der Waals surface area (Å²) in [5, 5.41) is 11.3. The number of hydrogen-bond acceptors (Lipinski definition) is 6. The van der Waals surface area contributed by atoms with Crippen LogP contribution in [0, 0.1) is 18.7 Å². The first-order valence-corrected chi connectivity index (χ1v) is 9.94. The molecule has 3 aromatic rings. The van der Waals surface area contributed by atoms with Crippen molar-refractivity contribution in [3.8, 4) is 11.4 Å². The lowest BCUT2D eigenvalue weighted by molar-refractivity contribution is -0.125. The molecule has 0 unspecified atom stereocenters. The zero-order valence-corrected chi connectivity index (χ0v) is 17.3. The predicted octanol–water partition coefficient (Wildman–Crippen LogP) is 1.59. The van der Waals surface area contributed by atoms with Crippen molar-refractivity contribution in [2.24, 2.45) is 20.0 Å². The summed E-state index contributed by atoms with van der Waals surface area (Å²) in [5.74, 6) is -0.0155. The van der Waals surface area contributed by atoms with Gasteiger partial charge in [-0.3, -0.25) is 14.2 Å². The molecule has 4 rings (SSSR count). The molecule has 158 valence electrons. The normalized spacial score (nSPS) is 14.9. The van der Waals surface area contributed by atoms with Crippen LogP contribution in [0.1, 0.15) is 24.0 Å². The van der Waals surface area contributed by atoms with Crippen LogP contribution in [0.2, 0.25) is 0 Å². The Hall–Kier alpha value is -3.30. The molecule has 1 fully saturated rings. The summed E-state index contributed by atoms with van der Waals surface area (Å²) in [6.07, 6.45) is 7.91. The number of nitrogens with one attached hydrogen (secondary N) is 1. The quantitative estimate of drug-likeness (QED) is 0.684. The highest BCUT2D eigenvalue weighted by atomic mass is 19.1. The van der Waals surface area contributed by atoms with E-state index in [0.29, 0.717) is 44.1 Å². The number of hydrogen-bond donors (Lipinski definition) is 1. The molecule has 4 heterocycles. The maximum atomic E-state index is 14.4. The minimum atomic E-state index is -0.477. The molecule has 0 aliphatic carbocycles. The van der Waals surface area contributed by atoms with Gasteiger partial charge in [0, 0.05) is 51.4 Å². The number of piperidine rings is 1. The summed E-state index contributed by atoms with van der Waals surface area (Å²) in [5.41, 5.74) is 2.71. The Balaban J connectivity index is 1.39. The maximum Gasteiger partial charge on any atom is 0.226 e. The highest BCUT2D eigenvalue weighted by Crippen LogP contribution is 2.27. The Labute approximate surface area is 173 Å². The van der Waals surface area contributed by atoms with E-state index in [2.05, 4.69) is 25.5 Å². The van der Waals surface area contributed by atoms with Crippen molar-refractivity contribution < 1.29 is 9.18 Å². The molecule has 0 atom stereocenters. The number of nitrogens with zero attached hydrogens (tertiary/aromatic N) is 7. The smallest absolute Gasteiger partial charge is 0.226 e. The molecular formula is C20H25FN8O. The third-order valence-electron chi connectivity index (χ3n) is 5.45. The lowest BCUT2D eigenvalue weighted by Crippen LogP contribution is -2.41. The Morgan fingerprint density at radius 1 is 1.20 bits per heavy atom. The van der Waals surface area contributed by atoms with E-state index in [0.717, 1.165) is 11.1 Å². The number of carbonyl (C=O) groups is 1. The third kappa shape index (κ3) is 4.03. The molecule has 0 radical (unpaired) electrons. The Morgan fingerprint density at radius 3 is 2.60 bits per heavy atom. The highest BCUT2D eigenvalue weighted by Gasteiger charge is 2.27. The van der Waals surface area contributed by atoms with Crippen molar-refractivity contribution >= 4 is 11.9 Å². The van der Waals surface area contributed by atoms with E-state index >= 15 is 0 Å². The summed E-state index contributed by atoms with van der Waals surface area (Å²) >= 11 is 0. The largest absolute Gasteiger partial charge is 0.352 e. The number of anilines is 1. The zero-order valence-electron chi connectivity index (χ0n) is 17.3. The van der Waals surface area contributed by atoms with Crippen molar-refractivity contribution in [1.82, 2.24) is 34.8 Å². The van der Waals surface area contributed by atoms with E-state index in [1.54, 1.807) is 28.8 Å². The molecule has 1 aliphatic heterocycles. The highest BCUT2D eigenvalue weighted by molar-refractivity contribution is 5.79. The topological polar surface area (TPSA) is 93.8 Å². The van der Waals surface area contributed by atoms with Gasteiger partial charge in [0.1, 0.15) is 5.69 Å². The SMILES string of the molecule is Cc1cnn(C)c1-c1nc(N2CCC(C(=O)NCc3cnn(C)c3)CC2)ncc1F. The summed E-state index contributed by atoms with van der Waals surface area (Å²) in [7, 11) is 3.61. The van der Waals surface area contributed by atoms with Gasteiger partial charge in [0.05, 0.1) is 24.3 Å². The van der Waals surface area contributed by atoms with E-state index in [4.69, 9.17) is 0 Å². The lowest BCUT2D eigenvalue weighted by Gasteiger charge is -2.31. The van der Waals surface area contributed by atoms with Gasteiger partial charge in [-0.15, -0.1) is 0 Å². The molecule has 9 nitrogen and oxygen atoms in total. The minimum absolute atomic E-state index is 0.0460. The van der Waals surface area contributed by atoms with Gasteiger partial charge >= 0.3 is 0 Å². The second kappa shape index (κ2) is 8.21.